The molecule has 0 saturated carbocycles. The van der Waals surface area contributed by atoms with Crippen LogP contribution in [0.15, 0.2) is 24.3 Å². The van der Waals surface area contributed by atoms with Gasteiger partial charge in [-0.3, -0.25) is 0 Å². The Hall–Kier alpha value is -2.44. The molecule has 0 fully saturated rings. The first-order valence-corrected chi connectivity index (χ1v) is 5.48. The summed E-state index contributed by atoms with van der Waals surface area (Å²) < 4.78 is 58.2. The molecule has 0 spiro atoms. The minimum atomic E-state index is -1.54. The largest absolute Gasteiger partial charge is 0.495 e. The van der Waals surface area contributed by atoms with E-state index in [2.05, 4.69) is 5.32 Å². The van der Waals surface area contributed by atoms with Crippen LogP contribution in [0.25, 0.3) is 0 Å². The molecule has 0 aliphatic carbocycles. The topological polar surface area (TPSA) is 47.3 Å². The van der Waals surface area contributed by atoms with E-state index in [1.54, 1.807) is 0 Å². The second-order valence-electron chi connectivity index (χ2n) is 3.89. The number of halogens is 4. The highest BCUT2D eigenvalue weighted by Gasteiger charge is 2.20. The molecule has 0 heterocycles. The summed E-state index contributed by atoms with van der Waals surface area (Å²) in [5.41, 5.74) is 4.86. The van der Waals surface area contributed by atoms with E-state index >= 15 is 0 Å². The highest BCUT2D eigenvalue weighted by Crippen LogP contribution is 2.34. The predicted octanol–water partition coefficient (Wildman–Crippen LogP) is 3.58. The average Bonchev–Trinajstić information content (AvgIpc) is 2.43. The lowest BCUT2D eigenvalue weighted by Gasteiger charge is -2.13. The van der Waals surface area contributed by atoms with Crippen molar-refractivity contribution in [2.75, 3.05) is 18.2 Å². The van der Waals surface area contributed by atoms with E-state index in [0.717, 1.165) is 0 Å². The third-order valence-electron chi connectivity index (χ3n) is 2.66. The molecule has 20 heavy (non-hydrogen) atoms. The first-order chi connectivity index (χ1) is 9.45. The summed E-state index contributed by atoms with van der Waals surface area (Å²) in [6, 6.07) is 4.55. The Morgan fingerprint density at radius 3 is 2.20 bits per heavy atom. The smallest absolute Gasteiger partial charge is 0.185 e. The number of benzene rings is 2. The van der Waals surface area contributed by atoms with Crippen molar-refractivity contribution in [1.82, 2.24) is 0 Å². The molecule has 0 atom stereocenters. The number of methoxy groups -OCH3 is 1. The second kappa shape index (κ2) is 5.28. The van der Waals surface area contributed by atoms with Crippen LogP contribution in [0.2, 0.25) is 0 Å². The van der Waals surface area contributed by atoms with E-state index in [-0.39, 0.29) is 23.2 Å². The summed E-state index contributed by atoms with van der Waals surface area (Å²) >= 11 is 0. The molecule has 0 aliphatic heterocycles. The minimum Gasteiger partial charge on any atom is -0.495 e. The molecule has 2 aromatic rings. The van der Waals surface area contributed by atoms with E-state index in [0.29, 0.717) is 0 Å². The lowest BCUT2D eigenvalue weighted by molar-refractivity contribution is 0.417. The average molecular weight is 286 g/mol. The SMILES string of the molecule is COc1cccc(Nc2c(F)c(F)cc(F)c2F)c1N. The van der Waals surface area contributed by atoms with Crippen molar-refractivity contribution >= 4 is 17.1 Å². The van der Waals surface area contributed by atoms with Crippen molar-refractivity contribution in [2.45, 2.75) is 0 Å². The van der Waals surface area contributed by atoms with Crippen LogP contribution in [-0.2, 0) is 0 Å². The molecule has 0 aromatic heterocycles. The van der Waals surface area contributed by atoms with Crippen molar-refractivity contribution in [3.05, 3.63) is 47.5 Å². The number of hydrogen-bond acceptors (Lipinski definition) is 3. The Labute approximate surface area is 112 Å². The summed E-state index contributed by atoms with van der Waals surface area (Å²) in [5, 5.41) is 2.23. The predicted molar refractivity (Wildman–Crippen MR) is 67.0 cm³/mol. The molecule has 0 radical (unpaired) electrons. The third kappa shape index (κ3) is 2.34. The zero-order valence-corrected chi connectivity index (χ0v) is 10.3. The Morgan fingerprint density at radius 2 is 1.65 bits per heavy atom. The fourth-order valence-corrected chi connectivity index (χ4v) is 1.65. The Kier molecular flexibility index (Phi) is 3.69. The Morgan fingerprint density at radius 1 is 1.05 bits per heavy atom. The maximum absolute atomic E-state index is 13.5. The molecule has 106 valence electrons. The van der Waals surface area contributed by atoms with Crippen molar-refractivity contribution in [2.24, 2.45) is 0 Å². The number of anilines is 3. The van der Waals surface area contributed by atoms with E-state index in [1.165, 1.54) is 25.3 Å². The minimum absolute atomic E-state index is 0.0541. The van der Waals surface area contributed by atoms with Crippen LogP contribution in [0.5, 0.6) is 5.75 Å². The molecule has 7 heteroatoms. The summed E-state index contributed by atoms with van der Waals surface area (Å²) in [4.78, 5) is 0. The van der Waals surface area contributed by atoms with Gasteiger partial charge in [0.25, 0.3) is 0 Å². The number of para-hydroxylation sites is 1. The van der Waals surface area contributed by atoms with Gasteiger partial charge in [-0.25, -0.2) is 17.6 Å². The van der Waals surface area contributed by atoms with Gasteiger partial charge in [0.15, 0.2) is 23.3 Å². The normalized spacial score (nSPS) is 10.4. The lowest BCUT2D eigenvalue weighted by Crippen LogP contribution is -2.05. The molecule has 0 unspecified atom stereocenters. The van der Waals surface area contributed by atoms with Gasteiger partial charge in [0, 0.05) is 6.07 Å². The Balaban J connectivity index is 2.51. The van der Waals surface area contributed by atoms with Gasteiger partial charge in [-0.1, -0.05) is 6.07 Å². The van der Waals surface area contributed by atoms with Gasteiger partial charge in [-0.15, -0.1) is 0 Å². The van der Waals surface area contributed by atoms with Crippen LogP contribution in [0, 0.1) is 23.3 Å². The monoisotopic (exact) mass is 286 g/mol. The molecular formula is C13H10F4N2O. The number of nitrogen functional groups attached to an aromatic ring is 1. The van der Waals surface area contributed by atoms with Gasteiger partial charge < -0.3 is 15.8 Å². The van der Waals surface area contributed by atoms with E-state index in [9.17, 15) is 17.6 Å². The van der Waals surface area contributed by atoms with Crippen LogP contribution in [0.1, 0.15) is 0 Å². The van der Waals surface area contributed by atoms with Crippen LogP contribution in [0.3, 0.4) is 0 Å². The van der Waals surface area contributed by atoms with E-state index in [4.69, 9.17) is 10.5 Å². The molecule has 2 rings (SSSR count). The van der Waals surface area contributed by atoms with Gasteiger partial charge in [0.1, 0.15) is 11.4 Å². The lowest BCUT2D eigenvalue weighted by atomic mass is 10.2. The maximum atomic E-state index is 13.5. The van der Waals surface area contributed by atoms with Gasteiger partial charge in [-0.2, -0.15) is 0 Å². The molecule has 3 N–H and O–H groups in total. The first-order valence-electron chi connectivity index (χ1n) is 5.48. The molecular weight excluding hydrogens is 276 g/mol. The molecule has 2 aromatic carbocycles. The first kappa shape index (κ1) is 14.0. The zero-order chi connectivity index (χ0) is 14.9. The van der Waals surface area contributed by atoms with E-state index in [1.807, 2.05) is 0 Å². The molecule has 0 aliphatic rings. The van der Waals surface area contributed by atoms with Crippen molar-refractivity contribution < 1.29 is 22.3 Å². The fraction of sp³-hybridized carbons (Fsp3) is 0.0769. The maximum Gasteiger partial charge on any atom is 0.185 e. The number of ether oxygens (including phenoxy) is 1. The summed E-state index contributed by atoms with van der Waals surface area (Å²) in [6.07, 6.45) is 0. The summed E-state index contributed by atoms with van der Waals surface area (Å²) in [7, 11) is 1.36. The van der Waals surface area contributed by atoms with Gasteiger partial charge in [0.2, 0.25) is 0 Å². The van der Waals surface area contributed by atoms with Crippen molar-refractivity contribution in [3.8, 4) is 5.75 Å². The fourth-order valence-electron chi connectivity index (χ4n) is 1.65. The van der Waals surface area contributed by atoms with Crippen LogP contribution in [-0.4, -0.2) is 7.11 Å². The Bertz CT molecular complexity index is 635. The third-order valence-corrected chi connectivity index (χ3v) is 2.66. The molecule has 0 bridgehead atoms. The second-order valence-corrected chi connectivity index (χ2v) is 3.89. The van der Waals surface area contributed by atoms with Crippen LogP contribution in [0.4, 0.5) is 34.6 Å². The summed E-state index contributed by atoms with van der Waals surface area (Å²) in [5.74, 6) is -5.83. The van der Waals surface area contributed by atoms with Crippen LogP contribution >= 0.6 is 0 Å². The van der Waals surface area contributed by atoms with Gasteiger partial charge in [-0.05, 0) is 12.1 Å². The molecule has 0 amide bonds. The van der Waals surface area contributed by atoms with Crippen molar-refractivity contribution in [1.29, 1.82) is 0 Å². The highest BCUT2D eigenvalue weighted by molar-refractivity contribution is 5.77. The number of nitrogens with two attached hydrogens (primary N) is 1. The molecule has 3 nitrogen and oxygen atoms in total. The van der Waals surface area contributed by atoms with Gasteiger partial charge in [0.05, 0.1) is 18.5 Å². The highest BCUT2D eigenvalue weighted by atomic mass is 19.2. The van der Waals surface area contributed by atoms with E-state index < -0.39 is 29.0 Å². The molecule has 0 saturated heterocycles. The zero-order valence-electron chi connectivity index (χ0n) is 10.3. The quantitative estimate of drug-likeness (QED) is 0.515. The summed E-state index contributed by atoms with van der Waals surface area (Å²) in [6.45, 7) is 0. The number of rotatable bonds is 3. The number of nitrogens with one attached hydrogen (secondary N) is 1. The number of hydrogen-bond donors (Lipinski definition) is 2. The standard InChI is InChI=1S/C13H10F4N2O/c1-20-9-4-2-3-8(12(9)18)19-13-10(16)6(14)5-7(15)11(13)17/h2-5,19H,18H2,1H3. The van der Waals surface area contributed by atoms with Crippen molar-refractivity contribution in [3.63, 3.8) is 0 Å². The van der Waals surface area contributed by atoms with Gasteiger partial charge >= 0.3 is 0 Å². The van der Waals surface area contributed by atoms with Crippen LogP contribution < -0.4 is 15.8 Å².